The number of anilines is 1. The van der Waals surface area contributed by atoms with E-state index in [4.69, 9.17) is 5.73 Å². The summed E-state index contributed by atoms with van der Waals surface area (Å²) in [7, 11) is -3.20. The van der Waals surface area contributed by atoms with Crippen LogP contribution in [0.3, 0.4) is 0 Å². The van der Waals surface area contributed by atoms with E-state index in [0.29, 0.717) is 24.8 Å². The van der Waals surface area contributed by atoms with Gasteiger partial charge in [-0.1, -0.05) is 25.0 Å². The van der Waals surface area contributed by atoms with Gasteiger partial charge in [0, 0.05) is 13.1 Å². The molecule has 0 saturated heterocycles. The predicted octanol–water partition coefficient (Wildman–Crippen LogP) is 2.42. The molecule has 0 bridgehead atoms. The van der Waals surface area contributed by atoms with E-state index < -0.39 is 10.0 Å². The Hall–Kier alpha value is -1.07. The van der Waals surface area contributed by atoms with Crippen LogP contribution in [-0.2, 0) is 23.0 Å². The van der Waals surface area contributed by atoms with Gasteiger partial charge in [0.05, 0.1) is 11.4 Å². The van der Waals surface area contributed by atoms with Crippen LogP contribution < -0.4 is 10.0 Å². The van der Waals surface area contributed by atoms with E-state index >= 15 is 0 Å². The molecule has 116 valence electrons. The molecule has 0 spiro atoms. The van der Waals surface area contributed by atoms with Gasteiger partial charge in [-0.25, -0.2) is 8.42 Å². The molecule has 0 unspecified atom stereocenters. The fourth-order valence-electron chi connectivity index (χ4n) is 3.60. The van der Waals surface area contributed by atoms with Crippen molar-refractivity contribution >= 4 is 15.7 Å². The van der Waals surface area contributed by atoms with Crippen LogP contribution in [0.1, 0.15) is 43.2 Å². The van der Waals surface area contributed by atoms with Crippen LogP contribution >= 0.6 is 0 Å². The fraction of sp³-hybridized carbons (Fsp3) is 0.625. The second-order valence-electron chi connectivity index (χ2n) is 6.27. The second kappa shape index (κ2) is 5.97. The molecular formula is C16H24N2O2S. The first kappa shape index (κ1) is 14.9. The van der Waals surface area contributed by atoms with Gasteiger partial charge in [0.2, 0.25) is 10.0 Å². The first-order valence-corrected chi connectivity index (χ1v) is 9.53. The van der Waals surface area contributed by atoms with Gasteiger partial charge in [-0.05, 0) is 48.8 Å². The third kappa shape index (κ3) is 3.09. The highest BCUT2D eigenvalue weighted by atomic mass is 32.2. The lowest BCUT2D eigenvalue weighted by molar-refractivity contribution is 0.552. The monoisotopic (exact) mass is 308 g/mol. The highest BCUT2D eigenvalue weighted by molar-refractivity contribution is 7.92. The fourth-order valence-corrected chi connectivity index (χ4v) is 5.59. The molecule has 2 aliphatic rings. The number of hydrogen-bond acceptors (Lipinski definition) is 3. The Balaban J connectivity index is 1.86. The molecule has 2 N–H and O–H groups in total. The third-order valence-electron chi connectivity index (χ3n) is 4.71. The number of hydrogen-bond donors (Lipinski definition) is 1. The summed E-state index contributed by atoms with van der Waals surface area (Å²) in [5.74, 6) is 0.661. The van der Waals surface area contributed by atoms with Gasteiger partial charge >= 0.3 is 0 Å². The molecule has 1 aliphatic heterocycles. The quantitative estimate of drug-likeness (QED) is 0.929. The van der Waals surface area contributed by atoms with Gasteiger partial charge in [0.25, 0.3) is 0 Å². The average molecular weight is 308 g/mol. The van der Waals surface area contributed by atoms with E-state index in [9.17, 15) is 8.42 Å². The maximum atomic E-state index is 12.8. The van der Waals surface area contributed by atoms with Gasteiger partial charge in [-0.2, -0.15) is 0 Å². The van der Waals surface area contributed by atoms with E-state index in [1.165, 1.54) is 12.8 Å². The lowest BCUT2D eigenvalue weighted by atomic mass is 10.0. The summed E-state index contributed by atoms with van der Waals surface area (Å²) in [6, 6.07) is 5.94. The van der Waals surface area contributed by atoms with Crippen LogP contribution in [0.4, 0.5) is 5.69 Å². The molecule has 0 aromatic heterocycles. The maximum Gasteiger partial charge on any atom is 0.235 e. The predicted molar refractivity (Wildman–Crippen MR) is 85.7 cm³/mol. The van der Waals surface area contributed by atoms with Gasteiger partial charge < -0.3 is 5.73 Å². The number of sulfonamides is 1. The zero-order valence-corrected chi connectivity index (χ0v) is 13.2. The minimum Gasteiger partial charge on any atom is -0.326 e. The topological polar surface area (TPSA) is 63.4 Å². The summed E-state index contributed by atoms with van der Waals surface area (Å²) in [4.78, 5) is 0. The van der Waals surface area contributed by atoms with Crippen LogP contribution in [0, 0.1) is 5.92 Å². The zero-order chi connectivity index (χ0) is 14.9. The molecular weight excluding hydrogens is 284 g/mol. The number of nitrogens with zero attached hydrogens (tertiary/aromatic N) is 1. The first-order valence-electron chi connectivity index (χ1n) is 7.92. The van der Waals surface area contributed by atoms with Crippen LogP contribution in [0.25, 0.3) is 0 Å². The van der Waals surface area contributed by atoms with Crippen molar-refractivity contribution in [2.24, 2.45) is 11.7 Å². The molecule has 0 radical (unpaired) electrons. The van der Waals surface area contributed by atoms with Crippen molar-refractivity contribution in [3.63, 3.8) is 0 Å². The van der Waals surface area contributed by atoms with Crippen molar-refractivity contribution in [1.82, 2.24) is 0 Å². The van der Waals surface area contributed by atoms with Crippen molar-refractivity contribution in [3.05, 3.63) is 29.3 Å². The van der Waals surface area contributed by atoms with E-state index in [1.54, 1.807) is 4.31 Å². The molecule has 1 aliphatic carbocycles. The van der Waals surface area contributed by atoms with E-state index in [1.807, 2.05) is 12.1 Å². The standard InChI is InChI=1S/C16H24N2O2S/c17-11-14-7-8-16-15(10-14)6-3-9-18(16)21(19,20)12-13-4-1-2-5-13/h7-8,10,13H,1-6,9,11-12,17H2. The van der Waals surface area contributed by atoms with Crippen LogP contribution in [0.15, 0.2) is 18.2 Å². The zero-order valence-electron chi connectivity index (χ0n) is 12.4. The van der Waals surface area contributed by atoms with Crippen molar-refractivity contribution in [2.75, 3.05) is 16.6 Å². The van der Waals surface area contributed by atoms with E-state index in [0.717, 1.165) is 42.5 Å². The number of aryl methyl sites for hydroxylation is 1. The minimum atomic E-state index is -3.20. The number of fused-ring (bicyclic) bond motifs is 1. The Morgan fingerprint density at radius 1 is 1.19 bits per heavy atom. The molecule has 0 atom stereocenters. The molecule has 1 saturated carbocycles. The number of rotatable bonds is 4. The summed E-state index contributed by atoms with van der Waals surface area (Å²) in [6.45, 7) is 1.12. The summed E-state index contributed by atoms with van der Waals surface area (Å²) in [5.41, 5.74) is 8.75. The summed E-state index contributed by atoms with van der Waals surface area (Å²) in [6.07, 6.45) is 6.31. The second-order valence-corrected chi connectivity index (χ2v) is 8.21. The highest BCUT2D eigenvalue weighted by Gasteiger charge is 2.31. The van der Waals surface area contributed by atoms with E-state index in [2.05, 4.69) is 6.07 Å². The summed E-state index contributed by atoms with van der Waals surface area (Å²) >= 11 is 0. The Labute approximate surface area is 127 Å². The summed E-state index contributed by atoms with van der Waals surface area (Å²) < 4.78 is 27.2. The maximum absolute atomic E-state index is 12.8. The molecule has 4 nitrogen and oxygen atoms in total. The van der Waals surface area contributed by atoms with Gasteiger partial charge in [0.1, 0.15) is 0 Å². The largest absolute Gasteiger partial charge is 0.326 e. The van der Waals surface area contributed by atoms with Crippen molar-refractivity contribution in [2.45, 2.75) is 45.1 Å². The van der Waals surface area contributed by atoms with Gasteiger partial charge in [0.15, 0.2) is 0 Å². The molecule has 1 aromatic carbocycles. The summed E-state index contributed by atoms with van der Waals surface area (Å²) in [5, 5.41) is 0. The molecule has 1 heterocycles. The van der Waals surface area contributed by atoms with Crippen molar-refractivity contribution in [3.8, 4) is 0 Å². The van der Waals surface area contributed by atoms with Gasteiger partial charge in [-0.15, -0.1) is 0 Å². The molecule has 1 aromatic rings. The smallest absolute Gasteiger partial charge is 0.235 e. The highest BCUT2D eigenvalue weighted by Crippen LogP contribution is 2.33. The lowest BCUT2D eigenvalue weighted by Gasteiger charge is -2.31. The number of nitrogens with two attached hydrogens (primary N) is 1. The minimum absolute atomic E-state index is 0.311. The molecule has 5 heteroatoms. The molecule has 1 fully saturated rings. The lowest BCUT2D eigenvalue weighted by Crippen LogP contribution is -2.38. The Morgan fingerprint density at radius 3 is 2.67 bits per heavy atom. The Kier molecular flexibility index (Phi) is 4.22. The van der Waals surface area contributed by atoms with Crippen molar-refractivity contribution < 1.29 is 8.42 Å². The van der Waals surface area contributed by atoms with Crippen molar-refractivity contribution in [1.29, 1.82) is 0 Å². The Morgan fingerprint density at radius 2 is 1.95 bits per heavy atom. The molecule has 21 heavy (non-hydrogen) atoms. The Bertz CT molecular complexity index is 607. The average Bonchev–Trinajstić information content (AvgIpc) is 2.98. The molecule has 0 amide bonds. The normalized spacial score (nSPS) is 19.8. The van der Waals surface area contributed by atoms with Crippen LogP contribution in [-0.4, -0.2) is 20.7 Å². The third-order valence-corrected chi connectivity index (χ3v) is 6.66. The SMILES string of the molecule is NCc1ccc2c(c1)CCCN2S(=O)(=O)CC1CCCC1. The number of benzene rings is 1. The van der Waals surface area contributed by atoms with E-state index in [-0.39, 0.29) is 0 Å². The molecule has 3 rings (SSSR count). The van der Waals surface area contributed by atoms with Gasteiger partial charge in [-0.3, -0.25) is 4.31 Å². The van der Waals surface area contributed by atoms with Crippen LogP contribution in [0.5, 0.6) is 0 Å². The van der Waals surface area contributed by atoms with Crippen LogP contribution in [0.2, 0.25) is 0 Å². The first-order chi connectivity index (χ1) is 10.1.